The summed E-state index contributed by atoms with van der Waals surface area (Å²) >= 11 is 0. The van der Waals surface area contributed by atoms with Crippen LogP contribution in [-0.2, 0) is 6.42 Å². The van der Waals surface area contributed by atoms with E-state index in [9.17, 15) is 0 Å². The Bertz CT molecular complexity index is 590. The third-order valence-electron chi connectivity index (χ3n) is 2.74. The van der Waals surface area contributed by atoms with Gasteiger partial charge in [-0.2, -0.15) is 14.9 Å². The van der Waals surface area contributed by atoms with Gasteiger partial charge in [0, 0.05) is 17.8 Å². The predicted octanol–water partition coefficient (Wildman–Crippen LogP) is 0.877. The molecule has 0 unspecified atom stereocenters. The van der Waals surface area contributed by atoms with E-state index in [1.165, 1.54) is 5.56 Å². The summed E-state index contributed by atoms with van der Waals surface area (Å²) in [4.78, 5) is 4.42. The van der Waals surface area contributed by atoms with Gasteiger partial charge in [0.1, 0.15) is 17.5 Å². The number of anilines is 1. The van der Waals surface area contributed by atoms with Gasteiger partial charge in [-0.25, -0.2) is 4.98 Å². The molecule has 0 saturated heterocycles. The summed E-state index contributed by atoms with van der Waals surface area (Å²) < 4.78 is 1.72. The molecule has 15 heavy (non-hydrogen) atoms. The van der Waals surface area contributed by atoms with Crippen LogP contribution in [0.3, 0.4) is 0 Å². The van der Waals surface area contributed by atoms with Crippen LogP contribution < -0.4 is 5.32 Å². The van der Waals surface area contributed by atoms with E-state index in [4.69, 9.17) is 5.26 Å². The van der Waals surface area contributed by atoms with Crippen molar-refractivity contribution in [2.75, 3.05) is 11.9 Å². The van der Waals surface area contributed by atoms with Gasteiger partial charge in [-0.1, -0.05) is 0 Å². The third kappa shape index (κ3) is 0.960. The van der Waals surface area contributed by atoms with Crippen LogP contribution in [-0.4, -0.2) is 21.1 Å². The number of aryl methyl sites for hydroxylation is 1. The van der Waals surface area contributed by atoms with Crippen LogP contribution in [0.5, 0.6) is 0 Å². The van der Waals surface area contributed by atoms with Gasteiger partial charge in [-0.05, 0) is 13.3 Å². The molecule has 1 N–H and O–H groups in total. The first-order valence-corrected chi connectivity index (χ1v) is 4.82. The number of hydrogen-bond acceptors (Lipinski definition) is 4. The molecule has 0 saturated carbocycles. The number of nitriles is 1. The van der Waals surface area contributed by atoms with Gasteiger partial charge in [-0.15, -0.1) is 0 Å². The lowest BCUT2D eigenvalue weighted by Gasteiger charge is -2.05. The van der Waals surface area contributed by atoms with Crippen molar-refractivity contribution >= 4 is 11.5 Å². The first-order valence-electron chi connectivity index (χ1n) is 4.82. The van der Waals surface area contributed by atoms with Crippen molar-refractivity contribution in [3.05, 3.63) is 23.0 Å². The highest BCUT2D eigenvalue weighted by Crippen LogP contribution is 2.25. The summed E-state index contributed by atoms with van der Waals surface area (Å²) in [6.07, 6.45) is 2.54. The van der Waals surface area contributed by atoms with Crippen molar-refractivity contribution in [1.82, 2.24) is 14.6 Å². The predicted molar refractivity (Wildman–Crippen MR) is 54.6 cm³/mol. The van der Waals surface area contributed by atoms with E-state index in [0.29, 0.717) is 11.2 Å². The molecule has 2 aromatic heterocycles. The lowest BCUT2D eigenvalue weighted by molar-refractivity contribution is 0.932. The SMILES string of the molecule is Cc1nc2c(C#N)cnn2c2c1CCN2. The summed E-state index contributed by atoms with van der Waals surface area (Å²) in [5.41, 5.74) is 3.35. The monoisotopic (exact) mass is 199 g/mol. The normalized spacial score (nSPS) is 13.6. The molecule has 5 heteroatoms. The van der Waals surface area contributed by atoms with E-state index in [-0.39, 0.29) is 0 Å². The Labute approximate surface area is 86.4 Å². The molecule has 0 spiro atoms. The zero-order valence-corrected chi connectivity index (χ0v) is 8.28. The van der Waals surface area contributed by atoms with Gasteiger partial charge in [0.15, 0.2) is 5.65 Å². The van der Waals surface area contributed by atoms with Crippen molar-refractivity contribution in [1.29, 1.82) is 5.26 Å². The summed E-state index contributed by atoms with van der Waals surface area (Å²) in [6, 6.07) is 2.09. The lowest BCUT2D eigenvalue weighted by atomic mass is 10.2. The van der Waals surface area contributed by atoms with Crippen molar-refractivity contribution in [2.45, 2.75) is 13.3 Å². The summed E-state index contributed by atoms with van der Waals surface area (Å²) in [6.45, 7) is 2.89. The van der Waals surface area contributed by atoms with Crippen molar-refractivity contribution in [3.63, 3.8) is 0 Å². The van der Waals surface area contributed by atoms with Crippen LogP contribution in [0.15, 0.2) is 6.20 Å². The molecule has 74 valence electrons. The van der Waals surface area contributed by atoms with Crippen LogP contribution in [0.2, 0.25) is 0 Å². The summed E-state index contributed by atoms with van der Waals surface area (Å²) in [7, 11) is 0. The van der Waals surface area contributed by atoms with E-state index >= 15 is 0 Å². The van der Waals surface area contributed by atoms with Gasteiger partial charge in [0.2, 0.25) is 0 Å². The maximum absolute atomic E-state index is 8.90. The summed E-state index contributed by atoms with van der Waals surface area (Å²) in [5.74, 6) is 0.985. The molecule has 0 aromatic carbocycles. The number of hydrogen-bond donors (Lipinski definition) is 1. The van der Waals surface area contributed by atoms with E-state index in [1.54, 1.807) is 10.7 Å². The fourth-order valence-corrected chi connectivity index (χ4v) is 2.00. The van der Waals surface area contributed by atoms with Crippen LogP contribution in [0.4, 0.5) is 5.82 Å². The number of aromatic nitrogens is 3. The standard InChI is InChI=1S/C10H9N5/c1-6-8-2-3-12-10(8)15-9(14-6)7(4-11)5-13-15/h5,12H,2-3H2,1H3. The molecule has 2 aromatic rings. The molecular weight excluding hydrogens is 190 g/mol. The number of nitrogens with zero attached hydrogens (tertiary/aromatic N) is 4. The number of nitrogens with one attached hydrogen (secondary N) is 1. The fraction of sp³-hybridized carbons (Fsp3) is 0.300. The van der Waals surface area contributed by atoms with Crippen molar-refractivity contribution in [2.24, 2.45) is 0 Å². The van der Waals surface area contributed by atoms with Crippen LogP contribution >= 0.6 is 0 Å². The third-order valence-corrected chi connectivity index (χ3v) is 2.74. The molecule has 5 nitrogen and oxygen atoms in total. The Morgan fingerprint density at radius 3 is 3.27 bits per heavy atom. The number of fused-ring (bicyclic) bond motifs is 3. The van der Waals surface area contributed by atoms with Gasteiger partial charge in [-0.3, -0.25) is 0 Å². The number of rotatable bonds is 0. The van der Waals surface area contributed by atoms with E-state index in [0.717, 1.165) is 24.5 Å². The molecule has 0 atom stereocenters. The largest absolute Gasteiger partial charge is 0.369 e. The maximum Gasteiger partial charge on any atom is 0.175 e. The van der Waals surface area contributed by atoms with Gasteiger partial charge in [0.05, 0.1) is 6.20 Å². The molecule has 0 fully saturated rings. The first-order chi connectivity index (χ1) is 7.31. The molecule has 3 heterocycles. The molecule has 3 rings (SSSR count). The Balaban J connectivity index is 2.46. The first kappa shape index (κ1) is 8.24. The minimum Gasteiger partial charge on any atom is -0.369 e. The average molecular weight is 199 g/mol. The smallest absolute Gasteiger partial charge is 0.175 e. The van der Waals surface area contributed by atoms with Gasteiger partial charge >= 0.3 is 0 Å². The second-order valence-electron chi connectivity index (χ2n) is 3.61. The van der Waals surface area contributed by atoms with Crippen molar-refractivity contribution in [3.8, 4) is 6.07 Å². The minimum absolute atomic E-state index is 0.523. The molecule has 0 aliphatic carbocycles. The van der Waals surface area contributed by atoms with E-state index < -0.39 is 0 Å². The van der Waals surface area contributed by atoms with E-state index in [2.05, 4.69) is 21.5 Å². The molecular formula is C10H9N5. The second-order valence-corrected chi connectivity index (χ2v) is 3.61. The molecule has 0 amide bonds. The van der Waals surface area contributed by atoms with Crippen molar-refractivity contribution < 1.29 is 0 Å². The summed E-state index contributed by atoms with van der Waals surface area (Å²) in [5, 5.41) is 16.3. The van der Waals surface area contributed by atoms with Crippen LogP contribution in [0.25, 0.3) is 5.65 Å². The van der Waals surface area contributed by atoms with Gasteiger partial charge < -0.3 is 5.32 Å². The highest BCUT2D eigenvalue weighted by Gasteiger charge is 2.19. The average Bonchev–Trinajstić information content (AvgIpc) is 2.81. The van der Waals surface area contributed by atoms with Crippen LogP contribution in [0.1, 0.15) is 16.8 Å². The molecule has 1 aliphatic heterocycles. The van der Waals surface area contributed by atoms with Crippen LogP contribution in [0, 0.1) is 18.3 Å². The molecule has 1 aliphatic rings. The second kappa shape index (κ2) is 2.70. The van der Waals surface area contributed by atoms with Gasteiger partial charge in [0.25, 0.3) is 0 Å². The Hall–Kier alpha value is -2.09. The minimum atomic E-state index is 0.523. The molecule has 0 bridgehead atoms. The Morgan fingerprint density at radius 1 is 1.60 bits per heavy atom. The Morgan fingerprint density at radius 2 is 2.47 bits per heavy atom. The zero-order chi connectivity index (χ0) is 10.4. The Kier molecular flexibility index (Phi) is 1.48. The lowest BCUT2D eigenvalue weighted by Crippen LogP contribution is -2.02. The maximum atomic E-state index is 8.90. The van der Waals surface area contributed by atoms with E-state index in [1.807, 2.05) is 6.92 Å². The fourth-order valence-electron chi connectivity index (χ4n) is 2.00. The zero-order valence-electron chi connectivity index (χ0n) is 8.28. The quantitative estimate of drug-likeness (QED) is 0.684. The topological polar surface area (TPSA) is 66.0 Å². The molecule has 0 radical (unpaired) electrons. The highest BCUT2D eigenvalue weighted by molar-refractivity contribution is 5.63. The highest BCUT2D eigenvalue weighted by atomic mass is 15.3.